The molecule has 31 heavy (non-hydrogen) atoms. The molecular weight excluding hydrogens is 396 g/mol. The normalized spacial score (nSPS) is 23.9. The zero-order valence-electron chi connectivity index (χ0n) is 19.0. The molecule has 1 unspecified atom stereocenters. The van der Waals surface area contributed by atoms with Gasteiger partial charge in [-0.15, -0.1) is 0 Å². The van der Waals surface area contributed by atoms with Gasteiger partial charge in [0, 0.05) is 45.1 Å². The summed E-state index contributed by atoms with van der Waals surface area (Å²) in [6, 6.07) is 6.09. The van der Waals surface area contributed by atoms with Crippen molar-refractivity contribution in [1.29, 1.82) is 0 Å². The van der Waals surface area contributed by atoms with Crippen LogP contribution < -0.4 is 15.2 Å². The van der Waals surface area contributed by atoms with Crippen LogP contribution in [0.25, 0.3) is 0 Å². The number of nitrogens with one attached hydrogen (secondary N) is 1. The Morgan fingerprint density at radius 1 is 1.19 bits per heavy atom. The minimum Gasteiger partial charge on any atom is -0.446 e. The van der Waals surface area contributed by atoms with Gasteiger partial charge < -0.3 is 14.4 Å². The molecule has 2 aliphatic heterocycles. The van der Waals surface area contributed by atoms with Crippen LogP contribution in [-0.4, -0.2) is 69.1 Å². The van der Waals surface area contributed by atoms with Crippen molar-refractivity contribution in [2.24, 2.45) is 5.92 Å². The highest BCUT2D eigenvalue weighted by Gasteiger charge is 2.41. The highest BCUT2D eigenvalue weighted by Crippen LogP contribution is 2.42. The molecule has 2 amide bonds. The summed E-state index contributed by atoms with van der Waals surface area (Å²) in [5.41, 5.74) is 6.15. The molecule has 1 saturated heterocycles. The van der Waals surface area contributed by atoms with Gasteiger partial charge in [-0.2, -0.15) is 0 Å². The molecule has 4 rings (SSSR count). The number of anilines is 2. The van der Waals surface area contributed by atoms with E-state index in [2.05, 4.69) is 22.6 Å². The maximum Gasteiger partial charge on any atom is 0.414 e. The van der Waals surface area contributed by atoms with Crippen LogP contribution in [0, 0.1) is 5.92 Å². The monoisotopic (exact) mass is 430 g/mol. The van der Waals surface area contributed by atoms with Crippen molar-refractivity contribution < 1.29 is 19.1 Å². The SMILES string of the molecule is COCCN1CC(c2ccc3c(c2)N(C(=O)OC(C)C)C[C@H](C)N3C(=O)C2CC2)CN1. The molecule has 8 nitrogen and oxygen atoms in total. The van der Waals surface area contributed by atoms with Crippen molar-refractivity contribution in [2.45, 2.75) is 51.7 Å². The van der Waals surface area contributed by atoms with Crippen LogP contribution in [0.3, 0.4) is 0 Å². The second-order valence-corrected chi connectivity index (χ2v) is 9.12. The summed E-state index contributed by atoms with van der Waals surface area (Å²) in [5, 5.41) is 2.17. The Bertz CT molecular complexity index is 826. The van der Waals surface area contributed by atoms with Crippen molar-refractivity contribution in [1.82, 2.24) is 10.4 Å². The first-order valence-electron chi connectivity index (χ1n) is 11.3. The lowest BCUT2D eigenvalue weighted by atomic mass is 9.96. The van der Waals surface area contributed by atoms with Gasteiger partial charge in [0.1, 0.15) is 0 Å². The van der Waals surface area contributed by atoms with Crippen molar-refractivity contribution >= 4 is 23.4 Å². The van der Waals surface area contributed by atoms with Gasteiger partial charge in [-0.25, -0.2) is 9.80 Å². The molecule has 1 aromatic rings. The summed E-state index contributed by atoms with van der Waals surface area (Å²) in [6.45, 7) is 9.35. The van der Waals surface area contributed by atoms with Gasteiger partial charge in [0.2, 0.25) is 5.91 Å². The van der Waals surface area contributed by atoms with Crippen LogP contribution in [0.15, 0.2) is 18.2 Å². The van der Waals surface area contributed by atoms with Crippen molar-refractivity contribution in [3.8, 4) is 0 Å². The van der Waals surface area contributed by atoms with Crippen LogP contribution in [0.1, 0.15) is 45.1 Å². The Balaban J connectivity index is 1.63. The van der Waals surface area contributed by atoms with Crippen LogP contribution >= 0.6 is 0 Å². The van der Waals surface area contributed by atoms with Gasteiger partial charge in [0.15, 0.2) is 0 Å². The van der Waals surface area contributed by atoms with E-state index in [0.29, 0.717) is 19.1 Å². The fourth-order valence-electron chi connectivity index (χ4n) is 4.43. The quantitative estimate of drug-likeness (QED) is 0.748. The zero-order valence-corrected chi connectivity index (χ0v) is 19.0. The van der Waals surface area contributed by atoms with Crippen molar-refractivity contribution in [3.63, 3.8) is 0 Å². The minimum absolute atomic E-state index is 0.0937. The fourth-order valence-corrected chi connectivity index (χ4v) is 4.43. The molecular formula is C23H34N4O4. The maximum absolute atomic E-state index is 13.0. The Kier molecular flexibility index (Phi) is 6.50. The van der Waals surface area contributed by atoms with Gasteiger partial charge in [-0.05, 0) is 51.3 Å². The highest BCUT2D eigenvalue weighted by atomic mass is 16.6. The lowest BCUT2D eigenvalue weighted by Gasteiger charge is -2.41. The number of hydrogen-bond acceptors (Lipinski definition) is 6. The van der Waals surface area contributed by atoms with E-state index in [4.69, 9.17) is 9.47 Å². The number of amides is 2. The molecule has 8 heteroatoms. The molecule has 1 N–H and O–H groups in total. The second-order valence-electron chi connectivity index (χ2n) is 9.12. The third-order valence-corrected chi connectivity index (χ3v) is 6.20. The molecule has 2 atom stereocenters. The highest BCUT2D eigenvalue weighted by molar-refractivity contribution is 6.04. The summed E-state index contributed by atoms with van der Waals surface area (Å²) < 4.78 is 10.7. The van der Waals surface area contributed by atoms with E-state index in [1.165, 1.54) is 0 Å². The predicted molar refractivity (Wildman–Crippen MR) is 119 cm³/mol. The molecule has 170 valence electrons. The predicted octanol–water partition coefficient (Wildman–Crippen LogP) is 2.73. The summed E-state index contributed by atoms with van der Waals surface area (Å²) >= 11 is 0. The number of benzene rings is 1. The minimum atomic E-state index is -0.356. The maximum atomic E-state index is 13.0. The topological polar surface area (TPSA) is 74.4 Å². The first-order chi connectivity index (χ1) is 14.9. The van der Waals surface area contributed by atoms with Gasteiger partial charge in [0.05, 0.1) is 30.1 Å². The summed E-state index contributed by atoms with van der Waals surface area (Å²) in [4.78, 5) is 29.5. The van der Waals surface area contributed by atoms with E-state index < -0.39 is 0 Å². The number of hydrogen-bond donors (Lipinski definition) is 1. The molecule has 1 aliphatic carbocycles. The first-order valence-corrected chi connectivity index (χ1v) is 11.3. The number of carbonyl (C=O) groups is 2. The molecule has 2 fully saturated rings. The lowest BCUT2D eigenvalue weighted by molar-refractivity contribution is -0.120. The molecule has 1 aromatic carbocycles. The second kappa shape index (κ2) is 9.14. The Hall–Kier alpha value is -2.16. The van der Waals surface area contributed by atoms with Gasteiger partial charge in [-0.1, -0.05) is 6.07 Å². The van der Waals surface area contributed by atoms with Gasteiger partial charge in [-0.3, -0.25) is 15.1 Å². The number of rotatable bonds is 6. The number of nitrogens with zero attached hydrogens (tertiary/aromatic N) is 3. The zero-order chi connectivity index (χ0) is 22.1. The summed E-state index contributed by atoms with van der Waals surface area (Å²) in [6.07, 6.45) is 1.36. The van der Waals surface area contributed by atoms with Crippen LogP contribution in [-0.2, 0) is 14.3 Å². The molecule has 2 heterocycles. The van der Waals surface area contributed by atoms with Gasteiger partial charge in [0.25, 0.3) is 0 Å². The third kappa shape index (κ3) is 4.71. The number of carbonyl (C=O) groups excluding carboxylic acids is 2. The van der Waals surface area contributed by atoms with Crippen LogP contribution in [0.5, 0.6) is 0 Å². The van der Waals surface area contributed by atoms with E-state index in [9.17, 15) is 9.59 Å². The number of methoxy groups -OCH3 is 1. The fraction of sp³-hybridized carbons (Fsp3) is 0.652. The average molecular weight is 431 g/mol. The van der Waals surface area contributed by atoms with E-state index in [1.807, 2.05) is 31.7 Å². The summed E-state index contributed by atoms with van der Waals surface area (Å²) in [5.74, 6) is 0.598. The smallest absolute Gasteiger partial charge is 0.414 e. The van der Waals surface area contributed by atoms with Crippen LogP contribution in [0.2, 0.25) is 0 Å². The van der Waals surface area contributed by atoms with E-state index in [0.717, 1.165) is 49.4 Å². The third-order valence-electron chi connectivity index (χ3n) is 6.20. The lowest BCUT2D eigenvalue weighted by Crippen LogP contribution is -2.52. The van der Waals surface area contributed by atoms with E-state index >= 15 is 0 Å². The number of ether oxygens (including phenoxy) is 2. The Labute approximate surface area is 184 Å². The molecule has 0 spiro atoms. The van der Waals surface area contributed by atoms with E-state index in [1.54, 1.807) is 12.0 Å². The number of fused-ring (bicyclic) bond motifs is 1. The molecule has 3 aliphatic rings. The Morgan fingerprint density at radius 3 is 2.65 bits per heavy atom. The molecule has 0 aromatic heterocycles. The summed E-state index contributed by atoms with van der Waals surface area (Å²) in [7, 11) is 1.71. The molecule has 0 radical (unpaired) electrons. The molecule has 0 bridgehead atoms. The molecule has 1 saturated carbocycles. The number of hydrazine groups is 1. The van der Waals surface area contributed by atoms with Gasteiger partial charge >= 0.3 is 6.09 Å². The Morgan fingerprint density at radius 2 is 1.97 bits per heavy atom. The van der Waals surface area contributed by atoms with Crippen LogP contribution in [0.4, 0.5) is 16.2 Å². The van der Waals surface area contributed by atoms with Crippen molar-refractivity contribution in [3.05, 3.63) is 23.8 Å². The average Bonchev–Trinajstić information content (AvgIpc) is 3.48. The van der Waals surface area contributed by atoms with Crippen molar-refractivity contribution in [2.75, 3.05) is 49.7 Å². The van der Waals surface area contributed by atoms with E-state index in [-0.39, 0.29) is 30.1 Å². The largest absolute Gasteiger partial charge is 0.446 e. The standard InChI is InChI=1S/C23H34N4O4/c1-15(2)31-23(29)26-13-16(3)27(22(28)17-5-6-17)20-8-7-18(11-21(20)26)19-12-24-25(14-19)9-10-30-4/h7-8,11,15-17,19,24H,5-6,9-10,12-14H2,1-4H3/t16-,19?/m0/s1. The first kappa shape index (κ1) is 22.0.